The van der Waals surface area contributed by atoms with Crippen LogP contribution in [-0.4, -0.2) is 53.7 Å². The smallest absolute Gasteiger partial charge is 0.251 e. The SMILES string of the molecule is COc1cccc(C(=O)NCc2nnc(SCC(=O)Nc3cc(C)ccc3C)n2-c2cc(OC)ccc2OC)c1. The second kappa shape index (κ2) is 13.0. The molecule has 11 heteroatoms. The third kappa shape index (κ3) is 6.73. The van der Waals surface area contributed by atoms with E-state index in [1.54, 1.807) is 68.4 Å². The van der Waals surface area contributed by atoms with E-state index < -0.39 is 0 Å². The Morgan fingerprint density at radius 2 is 1.68 bits per heavy atom. The number of hydrogen-bond acceptors (Lipinski definition) is 8. The van der Waals surface area contributed by atoms with Crippen molar-refractivity contribution in [3.63, 3.8) is 0 Å². The van der Waals surface area contributed by atoms with Crippen LogP contribution in [0.15, 0.2) is 65.8 Å². The van der Waals surface area contributed by atoms with Crippen molar-refractivity contribution in [3.05, 3.63) is 83.2 Å². The second-order valence-electron chi connectivity index (χ2n) is 8.84. The summed E-state index contributed by atoms with van der Waals surface area (Å²) < 4.78 is 18.0. The molecule has 0 fully saturated rings. The van der Waals surface area contributed by atoms with Crippen molar-refractivity contribution in [2.45, 2.75) is 25.5 Å². The number of nitrogens with one attached hydrogen (secondary N) is 2. The summed E-state index contributed by atoms with van der Waals surface area (Å²) in [6.45, 7) is 3.99. The van der Waals surface area contributed by atoms with Crippen LogP contribution in [0.5, 0.6) is 17.2 Å². The highest BCUT2D eigenvalue weighted by molar-refractivity contribution is 7.99. The number of aryl methyl sites for hydroxylation is 2. The summed E-state index contributed by atoms with van der Waals surface area (Å²) >= 11 is 1.22. The monoisotopic (exact) mass is 561 g/mol. The Labute approximate surface area is 237 Å². The molecular formula is C29H31N5O5S. The maximum Gasteiger partial charge on any atom is 0.251 e. The Kier molecular flexibility index (Phi) is 9.28. The van der Waals surface area contributed by atoms with Gasteiger partial charge in [-0.1, -0.05) is 30.0 Å². The lowest BCUT2D eigenvalue weighted by Crippen LogP contribution is -2.24. The third-order valence-corrected chi connectivity index (χ3v) is 6.99. The molecule has 0 saturated carbocycles. The standard InChI is InChI=1S/C29H31N5O5S/c1-18-9-10-19(2)23(13-18)31-27(35)17-40-29-33-32-26(16-30-28(36)20-7-6-8-21(14-20)37-3)34(29)24-15-22(38-4)11-12-25(24)39-5/h6-15H,16-17H2,1-5H3,(H,30,36)(H,31,35). The lowest BCUT2D eigenvalue weighted by molar-refractivity contribution is -0.113. The molecule has 0 aliphatic rings. The summed E-state index contributed by atoms with van der Waals surface area (Å²) in [4.78, 5) is 25.7. The predicted molar refractivity (Wildman–Crippen MR) is 154 cm³/mol. The van der Waals surface area contributed by atoms with E-state index in [9.17, 15) is 9.59 Å². The number of aromatic nitrogens is 3. The van der Waals surface area contributed by atoms with E-state index in [1.807, 2.05) is 32.0 Å². The average Bonchev–Trinajstić information content (AvgIpc) is 3.38. The summed E-state index contributed by atoms with van der Waals surface area (Å²) in [5.74, 6) is 1.78. The van der Waals surface area contributed by atoms with Gasteiger partial charge in [-0.3, -0.25) is 14.2 Å². The summed E-state index contributed by atoms with van der Waals surface area (Å²) in [6, 6.07) is 18.1. The van der Waals surface area contributed by atoms with E-state index in [4.69, 9.17) is 14.2 Å². The third-order valence-electron chi connectivity index (χ3n) is 6.07. The molecule has 0 saturated heterocycles. The lowest BCUT2D eigenvalue weighted by atomic mass is 10.1. The number of carbonyl (C=O) groups is 2. The number of methoxy groups -OCH3 is 3. The predicted octanol–water partition coefficient (Wildman–Crippen LogP) is 4.57. The maximum atomic E-state index is 12.9. The fourth-order valence-corrected chi connectivity index (χ4v) is 4.70. The molecule has 1 aromatic heterocycles. The summed E-state index contributed by atoms with van der Waals surface area (Å²) in [5, 5.41) is 15.0. The lowest BCUT2D eigenvalue weighted by Gasteiger charge is -2.15. The number of carbonyl (C=O) groups excluding carboxylic acids is 2. The van der Waals surface area contributed by atoms with Crippen molar-refractivity contribution in [1.29, 1.82) is 0 Å². The Balaban J connectivity index is 1.60. The molecule has 0 atom stereocenters. The summed E-state index contributed by atoms with van der Waals surface area (Å²) in [5.41, 5.74) is 3.85. The van der Waals surface area contributed by atoms with Gasteiger partial charge in [0.2, 0.25) is 5.91 Å². The van der Waals surface area contributed by atoms with Crippen molar-refractivity contribution in [2.75, 3.05) is 32.4 Å². The highest BCUT2D eigenvalue weighted by Gasteiger charge is 2.21. The molecule has 2 N–H and O–H groups in total. The van der Waals surface area contributed by atoms with Crippen LogP contribution in [0.3, 0.4) is 0 Å². The number of nitrogens with zero attached hydrogens (tertiary/aromatic N) is 3. The molecule has 2 amide bonds. The van der Waals surface area contributed by atoms with Gasteiger partial charge < -0.3 is 24.8 Å². The van der Waals surface area contributed by atoms with Gasteiger partial charge in [0.15, 0.2) is 11.0 Å². The van der Waals surface area contributed by atoms with Gasteiger partial charge in [-0.25, -0.2) is 0 Å². The van der Waals surface area contributed by atoms with Gasteiger partial charge >= 0.3 is 0 Å². The van der Waals surface area contributed by atoms with E-state index in [2.05, 4.69) is 20.8 Å². The molecule has 1 heterocycles. The molecule has 0 aliphatic carbocycles. The molecule has 3 aromatic carbocycles. The van der Waals surface area contributed by atoms with Gasteiger partial charge in [-0.15, -0.1) is 10.2 Å². The molecule has 4 rings (SSSR count). The largest absolute Gasteiger partial charge is 0.497 e. The van der Waals surface area contributed by atoms with E-state index in [-0.39, 0.29) is 24.1 Å². The van der Waals surface area contributed by atoms with Crippen molar-refractivity contribution >= 4 is 29.3 Å². The van der Waals surface area contributed by atoms with E-state index >= 15 is 0 Å². The molecule has 0 aliphatic heterocycles. The molecule has 0 unspecified atom stereocenters. The second-order valence-corrected chi connectivity index (χ2v) is 9.78. The van der Waals surface area contributed by atoms with Gasteiger partial charge in [-0.05, 0) is 61.4 Å². The van der Waals surface area contributed by atoms with Crippen molar-refractivity contribution in [1.82, 2.24) is 20.1 Å². The number of hydrogen-bond donors (Lipinski definition) is 2. The Morgan fingerprint density at radius 1 is 0.900 bits per heavy atom. The van der Waals surface area contributed by atoms with Crippen LogP contribution in [0, 0.1) is 13.8 Å². The molecule has 0 spiro atoms. The van der Waals surface area contributed by atoms with Crippen molar-refractivity contribution in [3.8, 4) is 22.9 Å². The normalized spacial score (nSPS) is 10.6. The molecule has 0 bridgehead atoms. The first-order chi connectivity index (χ1) is 19.3. The van der Waals surface area contributed by atoms with Crippen LogP contribution in [0.1, 0.15) is 27.3 Å². The molecule has 0 radical (unpaired) electrons. The van der Waals surface area contributed by atoms with E-state index in [0.29, 0.717) is 39.5 Å². The number of benzene rings is 3. The minimum atomic E-state index is -0.298. The molecule has 10 nitrogen and oxygen atoms in total. The van der Waals surface area contributed by atoms with Crippen LogP contribution in [-0.2, 0) is 11.3 Å². The first-order valence-corrected chi connectivity index (χ1v) is 13.4. The average molecular weight is 562 g/mol. The number of anilines is 1. The highest BCUT2D eigenvalue weighted by atomic mass is 32.2. The Morgan fingerprint density at radius 3 is 2.42 bits per heavy atom. The Bertz CT molecular complexity index is 1520. The first kappa shape index (κ1) is 28.5. The van der Waals surface area contributed by atoms with Crippen molar-refractivity contribution in [2.24, 2.45) is 0 Å². The zero-order valence-corrected chi connectivity index (χ0v) is 23.8. The van der Waals surface area contributed by atoms with Crippen LogP contribution in [0.2, 0.25) is 0 Å². The van der Waals surface area contributed by atoms with Gasteiger partial charge in [0.1, 0.15) is 17.2 Å². The molecule has 208 valence electrons. The fraction of sp³-hybridized carbons (Fsp3) is 0.241. The highest BCUT2D eigenvalue weighted by Crippen LogP contribution is 2.32. The molecular weight excluding hydrogens is 530 g/mol. The number of thioether (sulfide) groups is 1. The van der Waals surface area contributed by atoms with Gasteiger partial charge in [0, 0.05) is 17.3 Å². The zero-order chi connectivity index (χ0) is 28.6. The zero-order valence-electron chi connectivity index (χ0n) is 23.0. The van der Waals surface area contributed by atoms with Gasteiger partial charge in [-0.2, -0.15) is 0 Å². The van der Waals surface area contributed by atoms with E-state index in [1.165, 1.54) is 11.8 Å². The topological polar surface area (TPSA) is 117 Å². The minimum Gasteiger partial charge on any atom is -0.497 e. The summed E-state index contributed by atoms with van der Waals surface area (Å²) in [7, 11) is 4.67. The maximum absolute atomic E-state index is 12.9. The number of amides is 2. The van der Waals surface area contributed by atoms with Crippen molar-refractivity contribution < 1.29 is 23.8 Å². The number of ether oxygens (including phenoxy) is 3. The first-order valence-electron chi connectivity index (χ1n) is 12.4. The van der Waals surface area contributed by atoms with Crippen LogP contribution in [0.25, 0.3) is 5.69 Å². The fourth-order valence-electron chi connectivity index (χ4n) is 3.93. The number of rotatable bonds is 11. The Hall–Kier alpha value is -4.51. The van der Waals surface area contributed by atoms with Crippen LogP contribution >= 0.6 is 11.8 Å². The van der Waals surface area contributed by atoms with Gasteiger partial charge in [0.05, 0.1) is 39.3 Å². The van der Waals surface area contributed by atoms with Crippen LogP contribution in [0.4, 0.5) is 5.69 Å². The summed E-state index contributed by atoms with van der Waals surface area (Å²) in [6.07, 6.45) is 0. The van der Waals surface area contributed by atoms with E-state index in [0.717, 1.165) is 16.8 Å². The minimum absolute atomic E-state index is 0.0681. The molecule has 4 aromatic rings. The quantitative estimate of drug-likeness (QED) is 0.256. The molecule has 40 heavy (non-hydrogen) atoms. The van der Waals surface area contributed by atoms with Gasteiger partial charge in [0.25, 0.3) is 5.91 Å². The van der Waals surface area contributed by atoms with Crippen LogP contribution < -0.4 is 24.8 Å².